The van der Waals surface area contributed by atoms with Crippen molar-refractivity contribution in [1.82, 2.24) is 0 Å². The van der Waals surface area contributed by atoms with Gasteiger partial charge in [-0.2, -0.15) is 0 Å². The lowest BCUT2D eigenvalue weighted by Crippen LogP contribution is -1.98. The first-order valence-electron chi connectivity index (χ1n) is 4.42. The second-order valence-electron chi connectivity index (χ2n) is 3.29. The summed E-state index contributed by atoms with van der Waals surface area (Å²) in [5.74, 6) is 0. The number of nitrogens with zero attached hydrogens (tertiary/aromatic N) is 1. The van der Waals surface area contributed by atoms with Crippen molar-refractivity contribution in [3.8, 4) is 0 Å². The summed E-state index contributed by atoms with van der Waals surface area (Å²) in [5.41, 5.74) is 0.975. The normalized spacial score (nSPS) is 12.0. The molecule has 0 atom stereocenters. The van der Waals surface area contributed by atoms with Gasteiger partial charge in [0.05, 0.1) is 17.0 Å². The van der Waals surface area contributed by atoms with Gasteiger partial charge in [0.2, 0.25) is 0 Å². The maximum atomic E-state index is 11.5. The van der Waals surface area contributed by atoms with E-state index in [-0.39, 0.29) is 10.6 Å². The fourth-order valence-corrected chi connectivity index (χ4v) is 2.26. The Morgan fingerprint density at radius 2 is 2.06 bits per heavy atom. The van der Waals surface area contributed by atoms with Crippen molar-refractivity contribution in [3.63, 3.8) is 0 Å². The highest BCUT2D eigenvalue weighted by Crippen LogP contribution is 2.34. The molecule has 0 saturated heterocycles. The molecule has 1 aromatic rings. The van der Waals surface area contributed by atoms with Crippen molar-refractivity contribution in [2.45, 2.75) is 11.8 Å². The number of hydrogen-bond donors (Lipinski definition) is 0. The maximum absolute atomic E-state index is 11.5. The molecule has 0 saturated carbocycles. The number of benzene rings is 1. The van der Waals surface area contributed by atoms with E-state index in [0.717, 1.165) is 18.2 Å². The highest BCUT2D eigenvalue weighted by Gasteiger charge is 2.16. The minimum atomic E-state index is -3.36. The summed E-state index contributed by atoms with van der Waals surface area (Å²) in [6.07, 6.45) is 2.26. The minimum Gasteiger partial charge on any atom is -0.486 e. The lowest BCUT2D eigenvalue weighted by atomic mass is 10.2. The largest absolute Gasteiger partial charge is 0.486 e. The molecule has 0 heterocycles. The molecule has 88 valence electrons. The van der Waals surface area contributed by atoms with Crippen LogP contribution < -0.4 is 0 Å². The molecule has 0 amide bonds. The van der Waals surface area contributed by atoms with Crippen molar-refractivity contribution < 1.29 is 13.2 Å². The van der Waals surface area contributed by atoms with Gasteiger partial charge in [-0.15, -0.1) is 0 Å². The van der Waals surface area contributed by atoms with Gasteiger partial charge in [0.15, 0.2) is 16.2 Å². The van der Waals surface area contributed by atoms with Gasteiger partial charge >= 0.3 is 0 Å². The Bertz CT molecular complexity index is 523. The van der Waals surface area contributed by atoms with E-state index in [9.17, 15) is 8.42 Å². The zero-order valence-electron chi connectivity index (χ0n) is 9.19. The van der Waals surface area contributed by atoms with Crippen LogP contribution in [0.4, 0.5) is 5.69 Å². The van der Waals surface area contributed by atoms with Crippen LogP contribution in [0.3, 0.4) is 0 Å². The molecule has 0 bridgehead atoms. The molecule has 0 aliphatic rings. The van der Waals surface area contributed by atoms with Crippen LogP contribution in [0.25, 0.3) is 0 Å². The number of halogens is 1. The van der Waals surface area contributed by atoms with Gasteiger partial charge in [0.1, 0.15) is 5.69 Å². The van der Waals surface area contributed by atoms with Crippen LogP contribution >= 0.6 is 11.6 Å². The predicted octanol–water partition coefficient (Wildman–Crippen LogP) is 2.36. The number of sulfone groups is 1. The number of hydrogen-bond acceptors (Lipinski definition) is 4. The molecule has 0 radical (unpaired) electrons. The molecule has 1 aromatic carbocycles. The van der Waals surface area contributed by atoms with E-state index in [1.54, 1.807) is 13.0 Å². The van der Waals surface area contributed by atoms with Crippen molar-refractivity contribution in [2.75, 3.05) is 13.4 Å². The van der Waals surface area contributed by atoms with Crippen molar-refractivity contribution >= 4 is 33.5 Å². The number of ether oxygens (including phenoxy) is 1. The Morgan fingerprint density at radius 1 is 1.44 bits per heavy atom. The molecular weight excluding hydrogens is 250 g/mol. The quantitative estimate of drug-likeness (QED) is 0.620. The van der Waals surface area contributed by atoms with Crippen molar-refractivity contribution in [1.29, 1.82) is 0 Å². The van der Waals surface area contributed by atoms with Gasteiger partial charge in [-0.05, 0) is 18.6 Å². The van der Waals surface area contributed by atoms with Crippen LogP contribution in [0.15, 0.2) is 22.0 Å². The van der Waals surface area contributed by atoms with Crippen LogP contribution in [-0.2, 0) is 14.6 Å². The molecule has 6 heteroatoms. The van der Waals surface area contributed by atoms with Crippen LogP contribution in [0, 0.1) is 6.92 Å². The Morgan fingerprint density at radius 3 is 2.56 bits per heavy atom. The fraction of sp³-hybridized carbons (Fsp3) is 0.300. The molecule has 0 N–H and O–H groups in total. The number of methoxy groups -OCH3 is 1. The van der Waals surface area contributed by atoms with E-state index in [1.807, 2.05) is 0 Å². The summed E-state index contributed by atoms with van der Waals surface area (Å²) in [7, 11) is -1.93. The van der Waals surface area contributed by atoms with Gasteiger partial charge in [-0.1, -0.05) is 17.7 Å². The van der Waals surface area contributed by atoms with Crippen LogP contribution in [-0.4, -0.2) is 28.2 Å². The van der Waals surface area contributed by atoms with E-state index in [4.69, 9.17) is 11.6 Å². The van der Waals surface area contributed by atoms with Gasteiger partial charge in [-0.25, -0.2) is 13.4 Å². The standard InChI is InChI=1S/C10H12ClNO3S/c1-7-4-5-8(16(3,13)14)10(9(7)11)12-6-15-2/h4-6H,1-3H3. The molecule has 0 fully saturated rings. The smallest absolute Gasteiger partial charge is 0.177 e. The highest BCUT2D eigenvalue weighted by atomic mass is 35.5. The van der Waals surface area contributed by atoms with E-state index in [2.05, 4.69) is 9.73 Å². The third-order valence-electron chi connectivity index (χ3n) is 1.96. The SMILES string of the molecule is COC=Nc1c(S(C)(=O)=O)ccc(C)c1Cl. The second kappa shape index (κ2) is 4.84. The molecular formula is C10H12ClNO3S. The zero-order chi connectivity index (χ0) is 12.3. The van der Waals surface area contributed by atoms with Gasteiger partial charge in [0.25, 0.3) is 0 Å². The lowest BCUT2D eigenvalue weighted by Gasteiger charge is -2.07. The molecule has 0 aliphatic carbocycles. The molecule has 0 spiro atoms. The lowest BCUT2D eigenvalue weighted by molar-refractivity contribution is 0.423. The summed E-state index contributed by atoms with van der Waals surface area (Å²) in [4.78, 5) is 3.99. The molecule has 4 nitrogen and oxygen atoms in total. The van der Waals surface area contributed by atoms with E-state index in [1.165, 1.54) is 13.2 Å². The first kappa shape index (κ1) is 13.0. The van der Waals surface area contributed by atoms with Gasteiger partial charge in [-0.3, -0.25) is 0 Å². The number of aliphatic imine (C=N–C) groups is 1. The highest BCUT2D eigenvalue weighted by molar-refractivity contribution is 7.90. The van der Waals surface area contributed by atoms with E-state index >= 15 is 0 Å². The van der Waals surface area contributed by atoms with Crippen LogP contribution in [0.5, 0.6) is 0 Å². The average molecular weight is 262 g/mol. The topological polar surface area (TPSA) is 55.7 Å². The third-order valence-corrected chi connectivity index (χ3v) is 3.56. The first-order chi connectivity index (χ1) is 7.38. The van der Waals surface area contributed by atoms with E-state index in [0.29, 0.717) is 5.02 Å². The van der Waals surface area contributed by atoms with Crippen LogP contribution in [0.1, 0.15) is 5.56 Å². The fourth-order valence-electron chi connectivity index (χ4n) is 1.17. The maximum Gasteiger partial charge on any atom is 0.177 e. The number of rotatable bonds is 3. The monoisotopic (exact) mass is 261 g/mol. The summed E-state index contributed by atoms with van der Waals surface area (Å²) in [5, 5.41) is 0.316. The minimum absolute atomic E-state index is 0.0939. The molecule has 0 aliphatic heterocycles. The summed E-state index contributed by atoms with van der Waals surface area (Å²) >= 11 is 6.01. The molecule has 0 unspecified atom stereocenters. The summed E-state index contributed by atoms with van der Waals surface area (Å²) in [6, 6.07) is 3.13. The number of aryl methyl sites for hydroxylation is 1. The average Bonchev–Trinajstić information content (AvgIpc) is 2.18. The zero-order valence-corrected chi connectivity index (χ0v) is 10.8. The Labute approximate surface area is 99.8 Å². The molecule has 1 rings (SSSR count). The van der Waals surface area contributed by atoms with Gasteiger partial charge in [0, 0.05) is 6.26 Å². The third kappa shape index (κ3) is 2.74. The van der Waals surface area contributed by atoms with E-state index < -0.39 is 9.84 Å². The van der Waals surface area contributed by atoms with Crippen molar-refractivity contribution in [3.05, 3.63) is 22.7 Å². The van der Waals surface area contributed by atoms with Crippen LogP contribution in [0.2, 0.25) is 5.02 Å². The summed E-state index contributed by atoms with van der Waals surface area (Å²) < 4.78 is 27.7. The van der Waals surface area contributed by atoms with Gasteiger partial charge < -0.3 is 4.74 Å². The Balaban J connectivity index is 3.51. The summed E-state index contributed by atoms with van der Waals surface area (Å²) in [6.45, 7) is 1.78. The van der Waals surface area contributed by atoms with Crippen molar-refractivity contribution in [2.24, 2.45) is 4.99 Å². The molecule has 0 aromatic heterocycles. The second-order valence-corrected chi connectivity index (χ2v) is 5.65. The Kier molecular flexibility index (Phi) is 3.93. The first-order valence-corrected chi connectivity index (χ1v) is 6.69. The Hall–Kier alpha value is -1.07. The molecule has 16 heavy (non-hydrogen) atoms. The predicted molar refractivity (Wildman–Crippen MR) is 64.5 cm³/mol.